The van der Waals surface area contributed by atoms with Crippen LogP contribution in [0.25, 0.3) is 0 Å². The maximum atomic E-state index is 13.9. The van der Waals surface area contributed by atoms with E-state index in [2.05, 4.69) is 15.9 Å². The van der Waals surface area contributed by atoms with Gasteiger partial charge in [-0.3, -0.25) is 0 Å². The molecule has 0 bridgehead atoms. The molecule has 186 valence electrons. The second kappa shape index (κ2) is 12.0. The number of carbonyl (C=O) groups is 2. The molecule has 7 heteroatoms. The van der Waals surface area contributed by atoms with Gasteiger partial charge in [-0.15, -0.1) is 0 Å². The molecule has 0 radical (unpaired) electrons. The van der Waals surface area contributed by atoms with E-state index in [0.29, 0.717) is 5.69 Å². The molecule has 5 nitrogen and oxygen atoms in total. The van der Waals surface area contributed by atoms with Crippen LogP contribution in [0.3, 0.4) is 0 Å². The molecule has 0 spiro atoms. The van der Waals surface area contributed by atoms with Crippen LogP contribution in [0.1, 0.15) is 0 Å². The van der Waals surface area contributed by atoms with Crippen LogP contribution in [-0.2, 0) is 19.1 Å². The molecule has 0 heterocycles. The van der Waals surface area contributed by atoms with Gasteiger partial charge in [-0.2, -0.15) is 0 Å². The molecule has 4 rings (SSSR count). The number of halogens is 1. The van der Waals surface area contributed by atoms with Gasteiger partial charge in [0.1, 0.15) is 5.29 Å². The van der Waals surface area contributed by atoms with Gasteiger partial charge in [0.2, 0.25) is 0 Å². The monoisotopic (exact) mass is 573 g/mol. The van der Waals surface area contributed by atoms with E-state index in [1.54, 1.807) is 12.1 Å². The summed E-state index contributed by atoms with van der Waals surface area (Å²) in [6.45, 7) is -3.00. The fourth-order valence-corrected chi connectivity index (χ4v) is 8.83. The first-order valence-electron chi connectivity index (χ1n) is 11.5. The van der Waals surface area contributed by atoms with Gasteiger partial charge in [0.15, 0.2) is 5.71 Å². The van der Waals surface area contributed by atoms with Gasteiger partial charge < -0.3 is 9.47 Å². The number of benzene rings is 4. The molecule has 0 saturated carbocycles. The zero-order valence-electron chi connectivity index (χ0n) is 20.4. The van der Waals surface area contributed by atoms with E-state index < -0.39 is 18.8 Å². The van der Waals surface area contributed by atoms with Gasteiger partial charge in [0, 0.05) is 4.47 Å². The van der Waals surface area contributed by atoms with Crippen molar-refractivity contribution in [1.29, 1.82) is 0 Å². The highest BCUT2D eigenvalue weighted by Crippen LogP contribution is 2.47. The highest BCUT2D eigenvalue weighted by molar-refractivity contribution is 9.10. The molecular formula is C30H25BrNO4P. The lowest BCUT2D eigenvalue weighted by molar-refractivity contribution is -0.134. The summed E-state index contributed by atoms with van der Waals surface area (Å²) in [5.74, 6) is -1.37. The molecule has 0 N–H and O–H groups in total. The van der Waals surface area contributed by atoms with Crippen molar-refractivity contribution < 1.29 is 19.1 Å². The third-order valence-corrected chi connectivity index (χ3v) is 10.6. The zero-order chi connectivity index (χ0) is 26.3. The summed E-state index contributed by atoms with van der Waals surface area (Å²) in [6, 6.07) is 36.3. The molecule has 37 heavy (non-hydrogen) atoms. The lowest BCUT2D eigenvalue weighted by Gasteiger charge is -2.31. The van der Waals surface area contributed by atoms with Crippen LogP contribution in [0.2, 0.25) is 0 Å². The molecule has 4 aromatic carbocycles. The largest absolute Gasteiger partial charge is 0.465 e. The van der Waals surface area contributed by atoms with E-state index in [4.69, 9.17) is 14.5 Å². The molecule has 0 aliphatic rings. The minimum Gasteiger partial charge on any atom is -0.465 e. The number of hydrogen-bond donors (Lipinski definition) is 0. The van der Waals surface area contributed by atoms with Crippen LogP contribution in [0.5, 0.6) is 0 Å². The molecule has 0 atom stereocenters. The molecule has 0 amide bonds. The Kier molecular flexibility index (Phi) is 8.54. The average molecular weight is 574 g/mol. The number of aliphatic imine (C=N–C) groups is 1. The zero-order valence-corrected chi connectivity index (χ0v) is 22.9. The summed E-state index contributed by atoms with van der Waals surface area (Å²) < 4.78 is 11.4. The Balaban J connectivity index is 2.30. The predicted molar refractivity (Wildman–Crippen MR) is 155 cm³/mol. The summed E-state index contributed by atoms with van der Waals surface area (Å²) in [5.41, 5.74) is 0.402. The number of nitrogens with zero attached hydrogens (tertiary/aromatic N) is 1. The third kappa shape index (κ3) is 5.36. The SMILES string of the molecule is COC(=O)C(=Nc1ccc(Br)cc1)C(C(=O)OC)=P(c1ccccc1)(c1ccccc1)c1ccccc1. The molecule has 4 aromatic rings. The van der Waals surface area contributed by atoms with E-state index in [0.717, 1.165) is 20.4 Å². The van der Waals surface area contributed by atoms with E-state index in [9.17, 15) is 9.59 Å². The maximum absolute atomic E-state index is 13.9. The molecular weight excluding hydrogens is 549 g/mol. The van der Waals surface area contributed by atoms with E-state index >= 15 is 0 Å². The first-order chi connectivity index (χ1) is 18.0. The Labute approximate surface area is 224 Å². The van der Waals surface area contributed by atoms with E-state index in [-0.39, 0.29) is 11.0 Å². The number of rotatable bonds is 7. The quantitative estimate of drug-likeness (QED) is 0.177. The molecule has 0 fully saturated rings. The molecule has 0 aromatic heterocycles. The standard InChI is InChI=1S/C30H25BrNO4P/c1-35-29(33)27(32-23-20-18-22(31)19-21-23)28(30(34)36-2)37(24-12-6-3-7-13-24,25-14-8-4-9-15-25)26-16-10-5-11-17-26/h3-21H,1-2H3. The minimum atomic E-state index is -3.00. The van der Waals surface area contributed by atoms with Crippen LogP contribution in [-0.4, -0.2) is 37.2 Å². The summed E-state index contributed by atoms with van der Waals surface area (Å²) >= 11 is 3.43. The van der Waals surface area contributed by atoms with Crippen LogP contribution < -0.4 is 15.9 Å². The summed E-state index contributed by atoms with van der Waals surface area (Å²) in [6.07, 6.45) is 0. The molecule has 0 aliphatic heterocycles. The van der Waals surface area contributed by atoms with Gasteiger partial charge in [-0.05, 0) is 47.1 Å². The smallest absolute Gasteiger partial charge is 0.357 e. The number of esters is 2. The van der Waals surface area contributed by atoms with Gasteiger partial charge in [0.05, 0.1) is 19.9 Å². The molecule has 0 aliphatic carbocycles. The van der Waals surface area contributed by atoms with Gasteiger partial charge in [-0.1, -0.05) is 107 Å². The van der Waals surface area contributed by atoms with Crippen LogP contribution >= 0.6 is 22.8 Å². The van der Waals surface area contributed by atoms with Crippen molar-refractivity contribution in [3.63, 3.8) is 0 Å². The Hall–Kier alpha value is -3.73. The first-order valence-corrected chi connectivity index (χ1v) is 14.0. The fraction of sp³-hybridized carbons (Fsp3) is 0.0667. The second-order valence-corrected chi connectivity index (χ2v) is 12.2. The Morgan fingerprint density at radius 1 is 0.622 bits per heavy atom. The highest BCUT2D eigenvalue weighted by Gasteiger charge is 2.39. The molecule has 0 saturated heterocycles. The van der Waals surface area contributed by atoms with Crippen LogP contribution in [0, 0.1) is 0 Å². The van der Waals surface area contributed by atoms with Crippen molar-refractivity contribution in [2.24, 2.45) is 4.99 Å². The molecule has 0 unspecified atom stereocenters. The van der Waals surface area contributed by atoms with E-state index in [1.165, 1.54) is 14.2 Å². The lowest BCUT2D eigenvalue weighted by Crippen LogP contribution is -2.41. The van der Waals surface area contributed by atoms with Crippen molar-refractivity contribution in [3.05, 3.63) is 120 Å². The third-order valence-electron chi connectivity index (χ3n) is 5.82. The summed E-state index contributed by atoms with van der Waals surface area (Å²) in [5, 5.41) is 2.79. The normalized spacial score (nSPS) is 11.5. The van der Waals surface area contributed by atoms with Crippen molar-refractivity contribution in [1.82, 2.24) is 0 Å². The lowest BCUT2D eigenvalue weighted by atomic mass is 10.2. The summed E-state index contributed by atoms with van der Waals surface area (Å²) in [4.78, 5) is 32.0. The van der Waals surface area contributed by atoms with Crippen molar-refractivity contribution >= 4 is 67.4 Å². The number of methoxy groups -OCH3 is 2. The maximum Gasteiger partial charge on any atom is 0.357 e. The Morgan fingerprint density at radius 2 is 1.03 bits per heavy atom. The van der Waals surface area contributed by atoms with Crippen LogP contribution in [0.15, 0.2) is 125 Å². The van der Waals surface area contributed by atoms with E-state index in [1.807, 2.05) is 103 Å². The van der Waals surface area contributed by atoms with Crippen LogP contribution in [0.4, 0.5) is 5.69 Å². The van der Waals surface area contributed by atoms with Crippen molar-refractivity contribution in [2.75, 3.05) is 14.2 Å². The number of ether oxygens (including phenoxy) is 2. The number of carbonyl (C=O) groups excluding carboxylic acids is 2. The predicted octanol–water partition coefficient (Wildman–Crippen LogP) is 5.03. The highest BCUT2D eigenvalue weighted by atomic mass is 79.9. The Morgan fingerprint density at radius 3 is 1.41 bits per heavy atom. The van der Waals surface area contributed by atoms with Gasteiger partial charge in [0.25, 0.3) is 0 Å². The topological polar surface area (TPSA) is 65.0 Å². The Bertz CT molecular complexity index is 1370. The number of hydrogen-bond acceptors (Lipinski definition) is 5. The second-order valence-electron chi connectivity index (χ2n) is 7.95. The minimum absolute atomic E-state index is 0.0958. The van der Waals surface area contributed by atoms with Crippen molar-refractivity contribution in [2.45, 2.75) is 0 Å². The van der Waals surface area contributed by atoms with Crippen molar-refractivity contribution in [3.8, 4) is 0 Å². The average Bonchev–Trinajstić information content (AvgIpc) is 2.96. The van der Waals surface area contributed by atoms with Gasteiger partial charge in [-0.25, -0.2) is 14.6 Å². The van der Waals surface area contributed by atoms with Gasteiger partial charge >= 0.3 is 11.9 Å². The fourth-order valence-electron chi connectivity index (χ4n) is 4.22. The summed E-state index contributed by atoms with van der Waals surface area (Å²) in [7, 11) is 2.59. The first kappa shape index (κ1) is 26.3.